The highest BCUT2D eigenvalue weighted by molar-refractivity contribution is 5.87. The van der Waals surface area contributed by atoms with E-state index in [-0.39, 0.29) is 25.2 Å². The first-order chi connectivity index (χ1) is 16.8. The van der Waals surface area contributed by atoms with Crippen LogP contribution in [-0.4, -0.2) is 52.7 Å². The van der Waals surface area contributed by atoms with Gasteiger partial charge in [0.15, 0.2) is 0 Å². The highest BCUT2D eigenvalue weighted by Crippen LogP contribution is 2.13. The lowest BCUT2D eigenvalue weighted by atomic mass is 10.0. The van der Waals surface area contributed by atoms with Crippen LogP contribution in [0.1, 0.15) is 129 Å². The van der Waals surface area contributed by atoms with Crippen LogP contribution in [0, 0.1) is 0 Å². The summed E-state index contributed by atoms with van der Waals surface area (Å²) in [6.07, 6.45) is 19.4. The number of halogens is 1. The fourth-order valence-electron chi connectivity index (χ4n) is 4.22. The zero-order chi connectivity index (χ0) is 26.3. The van der Waals surface area contributed by atoms with E-state index < -0.39 is 36.0 Å². The van der Waals surface area contributed by atoms with Crippen LogP contribution in [-0.2, 0) is 14.4 Å². The molecule has 0 bridgehead atoms. The third-order valence-electron chi connectivity index (χ3n) is 6.45. The first-order valence-corrected chi connectivity index (χ1v) is 14.0. The number of rotatable bonds is 25. The molecule has 2 amide bonds. The van der Waals surface area contributed by atoms with Gasteiger partial charge < -0.3 is 26.6 Å². The molecular weight excluding hydrogens is 482 g/mol. The van der Waals surface area contributed by atoms with Crippen LogP contribution in [0.3, 0.4) is 0 Å². The Balaban J connectivity index is 0. The van der Waals surface area contributed by atoms with Gasteiger partial charge in [-0.15, -0.1) is 12.4 Å². The molecule has 0 aromatic carbocycles. The van der Waals surface area contributed by atoms with Crippen LogP contribution in [0.5, 0.6) is 0 Å². The van der Waals surface area contributed by atoms with Crippen molar-refractivity contribution in [3.8, 4) is 0 Å². The van der Waals surface area contributed by atoms with Gasteiger partial charge in [0, 0.05) is 6.42 Å². The molecule has 0 radical (unpaired) electrons. The van der Waals surface area contributed by atoms with Crippen molar-refractivity contribution in [1.29, 1.82) is 0 Å². The van der Waals surface area contributed by atoms with Crippen LogP contribution in [0.2, 0.25) is 0 Å². The van der Waals surface area contributed by atoms with Crippen molar-refractivity contribution in [2.75, 3.05) is 6.54 Å². The van der Waals surface area contributed by atoms with Crippen molar-refractivity contribution in [3.63, 3.8) is 0 Å². The molecule has 6 N–H and O–H groups in total. The van der Waals surface area contributed by atoms with E-state index in [1.54, 1.807) is 0 Å². The second-order valence-electron chi connectivity index (χ2n) is 9.88. The number of aliphatic hydroxyl groups excluding tert-OH is 1. The predicted molar refractivity (Wildman–Crippen MR) is 148 cm³/mol. The summed E-state index contributed by atoms with van der Waals surface area (Å²) in [6.45, 7) is 4.32. The molecule has 0 aliphatic heterocycles. The molecule has 214 valence electrons. The lowest BCUT2D eigenvalue weighted by Gasteiger charge is -2.23. The van der Waals surface area contributed by atoms with Gasteiger partial charge >= 0.3 is 5.97 Å². The van der Waals surface area contributed by atoms with Crippen LogP contribution in [0.15, 0.2) is 0 Å². The highest BCUT2D eigenvalue weighted by atomic mass is 35.5. The first-order valence-electron chi connectivity index (χ1n) is 14.0. The zero-order valence-corrected chi connectivity index (χ0v) is 23.6. The lowest BCUT2D eigenvalue weighted by Crippen LogP contribution is -2.54. The van der Waals surface area contributed by atoms with Gasteiger partial charge in [-0.3, -0.25) is 9.59 Å². The minimum Gasteiger partial charge on any atom is -0.480 e. The number of nitrogens with one attached hydrogen (secondary N) is 2. The number of unbranched alkanes of at least 4 members (excludes halogenated alkanes) is 15. The summed E-state index contributed by atoms with van der Waals surface area (Å²) in [5.41, 5.74) is 5.06. The molecule has 0 saturated heterocycles. The number of hydrogen-bond donors (Lipinski definition) is 5. The zero-order valence-electron chi connectivity index (χ0n) is 22.8. The number of amides is 2. The number of aliphatic carboxylic acids is 1. The van der Waals surface area contributed by atoms with Gasteiger partial charge in [0.05, 0.1) is 6.10 Å². The van der Waals surface area contributed by atoms with Gasteiger partial charge in [0.1, 0.15) is 12.1 Å². The van der Waals surface area contributed by atoms with Crippen LogP contribution in [0.4, 0.5) is 0 Å². The molecule has 0 heterocycles. The predicted octanol–water partition coefficient (Wildman–Crippen LogP) is 4.84. The fraction of sp³-hybridized carbons (Fsp3) is 0.889. The van der Waals surface area contributed by atoms with E-state index >= 15 is 0 Å². The van der Waals surface area contributed by atoms with Gasteiger partial charge in [0.25, 0.3) is 0 Å². The molecule has 8 nitrogen and oxygen atoms in total. The van der Waals surface area contributed by atoms with Crippen molar-refractivity contribution in [1.82, 2.24) is 10.6 Å². The number of primary amides is 1. The Morgan fingerprint density at radius 2 is 1.19 bits per heavy atom. The van der Waals surface area contributed by atoms with E-state index in [0.717, 1.165) is 19.3 Å². The van der Waals surface area contributed by atoms with Gasteiger partial charge in [-0.05, 0) is 26.3 Å². The second-order valence-corrected chi connectivity index (χ2v) is 9.88. The monoisotopic (exact) mass is 535 g/mol. The summed E-state index contributed by atoms with van der Waals surface area (Å²) in [6, 6.07) is -2.12. The maximum atomic E-state index is 12.4. The molecule has 0 aromatic rings. The third kappa shape index (κ3) is 21.9. The number of carboxylic acids is 1. The molecule has 0 aliphatic carbocycles. The standard InChI is InChI=1S/C27H53N3O5.ClH/c1-3-4-5-6-7-8-9-10-11-12-13-14-15-16-17-18-21-29-25(22(2)31)26(33)30-23(27(34)35)19-20-24(28)32;/h22-23,25,29,31H,3-21H2,1-2H3,(H2,28,32)(H,30,33)(H,34,35);1H. The van der Waals surface area contributed by atoms with Crippen molar-refractivity contribution < 1.29 is 24.6 Å². The molecular formula is C27H54ClN3O5. The first kappa shape index (κ1) is 36.8. The van der Waals surface area contributed by atoms with Crippen LogP contribution in [0.25, 0.3) is 0 Å². The Morgan fingerprint density at radius 1 is 0.778 bits per heavy atom. The molecule has 36 heavy (non-hydrogen) atoms. The number of carbonyl (C=O) groups is 3. The molecule has 0 fully saturated rings. The highest BCUT2D eigenvalue weighted by Gasteiger charge is 2.28. The van der Waals surface area contributed by atoms with Gasteiger partial charge in [-0.25, -0.2) is 4.79 Å². The summed E-state index contributed by atoms with van der Waals surface area (Å²) in [5.74, 6) is -2.45. The lowest BCUT2D eigenvalue weighted by molar-refractivity contribution is -0.143. The maximum absolute atomic E-state index is 12.4. The largest absolute Gasteiger partial charge is 0.480 e. The van der Waals surface area contributed by atoms with Crippen LogP contribution < -0.4 is 16.4 Å². The Morgan fingerprint density at radius 3 is 1.56 bits per heavy atom. The normalized spacial score (nSPS) is 13.4. The van der Waals surface area contributed by atoms with E-state index in [9.17, 15) is 24.6 Å². The van der Waals surface area contributed by atoms with E-state index in [1.165, 1.54) is 90.4 Å². The molecule has 0 rings (SSSR count). The van der Waals surface area contributed by atoms with Crippen molar-refractivity contribution in [2.24, 2.45) is 5.73 Å². The summed E-state index contributed by atoms with van der Waals surface area (Å²) in [4.78, 5) is 34.7. The Labute approximate surface area is 225 Å². The van der Waals surface area contributed by atoms with Gasteiger partial charge in [-0.1, -0.05) is 103 Å². The molecule has 0 spiro atoms. The summed E-state index contributed by atoms with van der Waals surface area (Å²) in [7, 11) is 0. The number of carbonyl (C=O) groups excluding carboxylic acids is 2. The maximum Gasteiger partial charge on any atom is 0.326 e. The molecule has 0 aliphatic rings. The smallest absolute Gasteiger partial charge is 0.326 e. The Kier molecular flexibility index (Phi) is 25.8. The molecule has 3 atom stereocenters. The van der Waals surface area contributed by atoms with Gasteiger partial charge in [0.2, 0.25) is 11.8 Å². The number of aliphatic hydroxyl groups is 1. The topological polar surface area (TPSA) is 142 Å². The minimum atomic E-state index is -1.23. The summed E-state index contributed by atoms with van der Waals surface area (Å²) >= 11 is 0. The SMILES string of the molecule is CCCCCCCCCCCCCCCCCCNC(C(=O)NC(CCC(N)=O)C(=O)O)C(C)O.Cl. The molecule has 9 heteroatoms. The van der Waals surface area contributed by atoms with Gasteiger partial charge in [-0.2, -0.15) is 0 Å². The fourth-order valence-corrected chi connectivity index (χ4v) is 4.22. The van der Waals surface area contributed by atoms with Crippen molar-refractivity contribution in [3.05, 3.63) is 0 Å². The van der Waals surface area contributed by atoms with E-state index in [1.807, 2.05) is 0 Å². The quantitative estimate of drug-likeness (QED) is 0.106. The average molecular weight is 536 g/mol. The summed E-state index contributed by atoms with van der Waals surface area (Å²) < 4.78 is 0. The molecule has 0 aromatic heterocycles. The minimum absolute atomic E-state index is 0. The van der Waals surface area contributed by atoms with E-state index in [4.69, 9.17) is 5.73 Å². The number of hydrogen-bond acceptors (Lipinski definition) is 5. The second kappa shape index (κ2) is 25.3. The Bertz CT molecular complexity index is 564. The molecule has 0 saturated carbocycles. The van der Waals surface area contributed by atoms with E-state index in [2.05, 4.69) is 17.6 Å². The van der Waals surface area contributed by atoms with Crippen molar-refractivity contribution in [2.45, 2.75) is 148 Å². The van der Waals surface area contributed by atoms with E-state index in [0.29, 0.717) is 6.54 Å². The Hall–Kier alpha value is -1.38. The van der Waals surface area contributed by atoms with Crippen molar-refractivity contribution >= 4 is 30.2 Å². The number of carboxylic acid groups (broad SMARTS) is 1. The summed E-state index contributed by atoms with van der Waals surface area (Å²) in [5, 5.41) is 24.6. The molecule has 3 unspecified atom stereocenters. The average Bonchev–Trinajstić information content (AvgIpc) is 2.80. The third-order valence-corrected chi connectivity index (χ3v) is 6.45. The number of nitrogens with two attached hydrogens (primary N) is 1. The van der Waals surface area contributed by atoms with Crippen LogP contribution >= 0.6 is 12.4 Å².